The van der Waals surface area contributed by atoms with Crippen LogP contribution in [0.15, 0.2) is 0 Å². The van der Waals surface area contributed by atoms with Gasteiger partial charge in [0.25, 0.3) is 0 Å². The molecule has 1 aliphatic carbocycles. The lowest BCUT2D eigenvalue weighted by Crippen LogP contribution is -2.55. The number of rotatable bonds is 3. The van der Waals surface area contributed by atoms with Crippen LogP contribution in [0.25, 0.3) is 0 Å². The summed E-state index contributed by atoms with van der Waals surface area (Å²) in [5, 5.41) is 3.39. The first-order valence-corrected chi connectivity index (χ1v) is 7.87. The highest BCUT2D eigenvalue weighted by Gasteiger charge is 2.46. The minimum atomic E-state index is -0.137. The molecule has 1 saturated carbocycles. The molecule has 2 aliphatic heterocycles. The predicted molar refractivity (Wildman–Crippen MR) is 75.9 cm³/mol. The number of piperazine rings is 1. The van der Waals surface area contributed by atoms with Crippen LogP contribution in [-0.4, -0.2) is 61.0 Å². The van der Waals surface area contributed by atoms with Gasteiger partial charge in [0.15, 0.2) is 0 Å². The monoisotopic (exact) mass is 265 g/mol. The maximum atomic E-state index is 12.9. The quantitative estimate of drug-likeness (QED) is 0.824. The first kappa shape index (κ1) is 13.4. The summed E-state index contributed by atoms with van der Waals surface area (Å²) in [4.78, 5) is 17.6. The van der Waals surface area contributed by atoms with Crippen LogP contribution in [0.1, 0.15) is 33.1 Å². The summed E-state index contributed by atoms with van der Waals surface area (Å²) in [5.74, 6) is 0.833. The van der Waals surface area contributed by atoms with Gasteiger partial charge >= 0.3 is 0 Å². The molecule has 1 atom stereocenters. The van der Waals surface area contributed by atoms with Crippen molar-refractivity contribution in [1.82, 2.24) is 15.1 Å². The maximum Gasteiger partial charge on any atom is 0.230 e. The Hall–Kier alpha value is -0.610. The van der Waals surface area contributed by atoms with Gasteiger partial charge in [-0.1, -0.05) is 13.8 Å². The van der Waals surface area contributed by atoms with E-state index < -0.39 is 0 Å². The molecule has 108 valence electrons. The molecular formula is C15H27N3O. The van der Waals surface area contributed by atoms with Crippen LogP contribution in [0.5, 0.6) is 0 Å². The summed E-state index contributed by atoms with van der Waals surface area (Å²) in [6.07, 6.45) is 3.74. The Morgan fingerprint density at radius 1 is 1.21 bits per heavy atom. The van der Waals surface area contributed by atoms with Gasteiger partial charge in [0, 0.05) is 38.8 Å². The van der Waals surface area contributed by atoms with Gasteiger partial charge in [0.1, 0.15) is 0 Å². The second-order valence-corrected chi connectivity index (χ2v) is 6.80. The molecule has 1 amide bonds. The molecule has 2 heterocycles. The van der Waals surface area contributed by atoms with E-state index in [1.165, 1.54) is 12.8 Å². The average Bonchev–Trinajstić information content (AvgIpc) is 3.15. The fourth-order valence-corrected chi connectivity index (χ4v) is 3.68. The first-order chi connectivity index (χ1) is 9.13. The Labute approximate surface area is 116 Å². The van der Waals surface area contributed by atoms with Crippen LogP contribution in [0.2, 0.25) is 0 Å². The minimum absolute atomic E-state index is 0.137. The highest BCUT2D eigenvalue weighted by Crippen LogP contribution is 2.37. The third-order valence-corrected chi connectivity index (χ3v) is 5.38. The summed E-state index contributed by atoms with van der Waals surface area (Å²) in [6.45, 7) is 10.3. The largest absolute Gasteiger partial charge is 0.340 e. The van der Waals surface area contributed by atoms with Crippen molar-refractivity contribution in [1.29, 1.82) is 0 Å². The van der Waals surface area contributed by atoms with Crippen molar-refractivity contribution in [2.75, 3.05) is 39.3 Å². The molecule has 1 N–H and O–H groups in total. The first-order valence-electron chi connectivity index (χ1n) is 7.87. The Morgan fingerprint density at radius 2 is 1.89 bits per heavy atom. The summed E-state index contributed by atoms with van der Waals surface area (Å²) in [7, 11) is 0. The van der Waals surface area contributed by atoms with Gasteiger partial charge in [-0.2, -0.15) is 0 Å². The lowest BCUT2D eigenvalue weighted by molar-refractivity contribution is -0.145. The third kappa shape index (κ3) is 2.40. The molecule has 0 spiro atoms. The Morgan fingerprint density at radius 3 is 2.37 bits per heavy atom. The van der Waals surface area contributed by atoms with Crippen LogP contribution in [0.3, 0.4) is 0 Å². The van der Waals surface area contributed by atoms with Gasteiger partial charge in [-0.15, -0.1) is 0 Å². The molecule has 0 aromatic rings. The molecule has 3 fully saturated rings. The van der Waals surface area contributed by atoms with E-state index in [-0.39, 0.29) is 5.41 Å². The molecule has 1 unspecified atom stereocenters. The van der Waals surface area contributed by atoms with E-state index in [0.717, 1.165) is 51.7 Å². The average molecular weight is 265 g/mol. The van der Waals surface area contributed by atoms with Crippen molar-refractivity contribution in [2.45, 2.75) is 39.2 Å². The fourth-order valence-electron chi connectivity index (χ4n) is 3.68. The molecule has 3 aliphatic rings. The van der Waals surface area contributed by atoms with E-state index in [0.29, 0.717) is 11.8 Å². The van der Waals surface area contributed by atoms with Crippen molar-refractivity contribution < 1.29 is 4.79 Å². The Bertz CT molecular complexity index is 337. The fraction of sp³-hybridized carbons (Fsp3) is 0.933. The maximum absolute atomic E-state index is 12.9. The Balaban J connectivity index is 1.63. The minimum Gasteiger partial charge on any atom is -0.340 e. The van der Waals surface area contributed by atoms with Crippen LogP contribution < -0.4 is 5.32 Å². The van der Waals surface area contributed by atoms with Gasteiger partial charge in [0.05, 0.1) is 5.41 Å². The molecule has 3 rings (SSSR count). The molecule has 0 aromatic carbocycles. The van der Waals surface area contributed by atoms with Gasteiger partial charge < -0.3 is 10.2 Å². The van der Waals surface area contributed by atoms with Gasteiger partial charge in [-0.25, -0.2) is 0 Å². The van der Waals surface area contributed by atoms with E-state index in [4.69, 9.17) is 0 Å². The smallest absolute Gasteiger partial charge is 0.230 e. The molecule has 0 bridgehead atoms. The zero-order chi connectivity index (χ0) is 13.5. The molecule has 4 heteroatoms. The van der Waals surface area contributed by atoms with Crippen LogP contribution in [-0.2, 0) is 4.79 Å². The van der Waals surface area contributed by atoms with E-state index in [1.54, 1.807) is 0 Å². The van der Waals surface area contributed by atoms with Crippen LogP contribution in [0, 0.1) is 11.3 Å². The van der Waals surface area contributed by atoms with Crippen molar-refractivity contribution in [3.63, 3.8) is 0 Å². The summed E-state index contributed by atoms with van der Waals surface area (Å²) in [6, 6.07) is 0.837. The molecule has 19 heavy (non-hydrogen) atoms. The summed E-state index contributed by atoms with van der Waals surface area (Å²) < 4.78 is 0. The highest BCUT2D eigenvalue weighted by molar-refractivity contribution is 5.84. The van der Waals surface area contributed by atoms with E-state index >= 15 is 0 Å². The van der Waals surface area contributed by atoms with Gasteiger partial charge in [0.2, 0.25) is 5.91 Å². The van der Waals surface area contributed by atoms with E-state index in [9.17, 15) is 4.79 Å². The zero-order valence-electron chi connectivity index (χ0n) is 12.3. The van der Waals surface area contributed by atoms with Crippen molar-refractivity contribution in [3.05, 3.63) is 0 Å². The molecular weight excluding hydrogens is 238 g/mol. The number of hydrogen-bond acceptors (Lipinski definition) is 3. The number of carbonyl (C=O) groups excluding carboxylic acids is 1. The topological polar surface area (TPSA) is 35.6 Å². The summed E-state index contributed by atoms with van der Waals surface area (Å²) >= 11 is 0. The number of nitrogens with one attached hydrogen (secondary N) is 1. The van der Waals surface area contributed by atoms with Gasteiger partial charge in [-0.3, -0.25) is 9.69 Å². The normalized spacial score (nSPS) is 33.1. The lowest BCUT2D eigenvalue weighted by Gasteiger charge is -2.41. The number of carbonyl (C=O) groups is 1. The lowest BCUT2D eigenvalue weighted by atomic mass is 9.75. The Kier molecular flexibility index (Phi) is 3.56. The second kappa shape index (κ2) is 5.06. The molecule has 4 nitrogen and oxygen atoms in total. The molecule has 0 radical (unpaired) electrons. The zero-order valence-corrected chi connectivity index (χ0v) is 12.3. The number of hydrogen-bond donors (Lipinski definition) is 1. The third-order valence-electron chi connectivity index (χ3n) is 5.38. The van der Waals surface area contributed by atoms with Crippen molar-refractivity contribution in [3.8, 4) is 0 Å². The van der Waals surface area contributed by atoms with Crippen LogP contribution in [0.4, 0.5) is 0 Å². The standard InChI is InChI=1S/C15H27N3O/c1-12(2)15(5-6-16-11-15)14(19)18-9-7-17(8-10-18)13-3-4-13/h12-13,16H,3-11H2,1-2H3. The predicted octanol–water partition coefficient (Wildman–Crippen LogP) is 0.929. The SMILES string of the molecule is CC(C)C1(C(=O)N2CCN(C3CC3)CC2)CCNC1. The highest BCUT2D eigenvalue weighted by atomic mass is 16.2. The van der Waals surface area contributed by atoms with Crippen molar-refractivity contribution >= 4 is 5.91 Å². The van der Waals surface area contributed by atoms with Crippen molar-refractivity contribution in [2.24, 2.45) is 11.3 Å². The second-order valence-electron chi connectivity index (χ2n) is 6.80. The molecule has 2 saturated heterocycles. The number of amides is 1. The van der Waals surface area contributed by atoms with E-state index in [1.807, 2.05) is 0 Å². The van der Waals surface area contributed by atoms with Gasteiger partial charge in [-0.05, 0) is 31.7 Å². The van der Waals surface area contributed by atoms with Crippen LogP contribution >= 0.6 is 0 Å². The summed E-state index contributed by atoms with van der Waals surface area (Å²) in [5.41, 5.74) is -0.137. The molecule has 0 aromatic heterocycles. The van der Waals surface area contributed by atoms with E-state index in [2.05, 4.69) is 29.0 Å². The number of nitrogens with zero attached hydrogens (tertiary/aromatic N) is 2.